The fourth-order valence-electron chi connectivity index (χ4n) is 0.902. The van der Waals surface area contributed by atoms with E-state index in [0.29, 0.717) is 6.42 Å². The second-order valence-corrected chi connectivity index (χ2v) is 4.02. The molecule has 1 rings (SSSR count). The van der Waals surface area contributed by atoms with E-state index in [1.807, 2.05) is 0 Å². The van der Waals surface area contributed by atoms with Crippen LogP contribution in [0.3, 0.4) is 0 Å². The quantitative estimate of drug-likeness (QED) is 0.620. The van der Waals surface area contributed by atoms with Gasteiger partial charge in [-0.25, -0.2) is 4.79 Å². The molecule has 0 aromatic carbocycles. The highest BCUT2D eigenvalue weighted by molar-refractivity contribution is 6.50. The molecule has 0 aromatic rings. The maximum absolute atomic E-state index is 9.73. The lowest BCUT2D eigenvalue weighted by atomic mass is 10.3. The van der Waals surface area contributed by atoms with Crippen LogP contribution in [0.4, 0.5) is 0 Å². The molecule has 1 radical (unpaired) electrons. The summed E-state index contributed by atoms with van der Waals surface area (Å²) < 4.78 is 3.86. The van der Waals surface area contributed by atoms with Crippen LogP contribution < -0.4 is 0 Å². The first-order valence-electron chi connectivity index (χ1n) is 2.98. The summed E-state index contributed by atoms with van der Waals surface area (Å²) in [5.41, 5.74) is 0. The smallest absolute Gasteiger partial charge is 0.417 e. The van der Waals surface area contributed by atoms with Gasteiger partial charge in [0.15, 0.2) is 0 Å². The molecule has 0 amide bonds. The normalized spacial score (nSPS) is 30.9. The molecule has 0 aromatic heterocycles. The van der Waals surface area contributed by atoms with Crippen molar-refractivity contribution >= 4 is 29.7 Å². The third-order valence-electron chi connectivity index (χ3n) is 1.68. The Morgan fingerprint density at radius 3 is 2.60 bits per heavy atom. The van der Waals surface area contributed by atoms with E-state index in [1.165, 1.54) is 6.47 Å². The van der Waals surface area contributed by atoms with Gasteiger partial charge in [-0.1, -0.05) is 0 Å². The number of alkyl halides is 2. The monoisotopic (exact) mass is 181 g/mol. The van der Waals surface area contributed by atoms with Crippen molar-refractivity contribution in [3.63, 3.8) is 0 Å². The van der Waals surface area contributed by atoms with Crippen molar-refractivity contribution in [1.29, 1.82) is 0 Å². The van der Waals surface area contributed by atoms with E-state index < -0.39 is 4.33 Å². The zero-order valence-electron chi connectivity index (χ0n) is 5.43. The maximum atomic E-state index is 9.73. The Hall–Kier alpha value is 0.0500. The molecule has 0 bridgehead atoms. The molecule has 0 spiro atoms. The standard InChI is InChI=1S/C6H7Cl2O2/c1-4(10-3-9)5-2-6(5,7)8/h4-5H,2H2,1H3. The molecule has 0 saturated heterocycles. The van der Waals surface area contributed by atoms with Gasteiger partial charge in [-0.2, -0.15) is 0 Å². The Kier molecular flexibility index (Phi) is 2.11. The Bertz CT molecular complexity index is 147. The van der Waals surface area contributed by atoms with Crippen LogP contribution in [0.25, 0.3) is 0 Å². The SMILES string of the molecule is CC(O[C]=O)C1CC1(Cl)Cl. The number of hydrogen-bond donors (Lipinski definition) is 0. The van der Waals surface area contributed by atoms with Gasteiger partial charge in [0.25, 0.3) is 0 Å². The number of rotatable bonds is 3. The number of hydrogen-bond acceptors (Lipinski definition) is 2. The summed E-state index contributed by atoms with van der Waals surface area (Å²) in [6.45, 7) is 3.11. The molecule has 1 fully saturated rings. The molecule has 2 atom stereocenters. The number of carbonyl (C=O) groups excluding carboxylic acids is 1. The average molecular weight is 182 g/mol. The summed E-state index contributed by atoms with van der Waals surface area (Å²) in [5.74, 6) is 0.0808. The third-order valence-corrected chi connectivity index (χ3v) is 2.54. The van der Waals surface area contributed by atoms with Gasteiger partial charge in [-0.05, 0) is 13.3 Å². The van der Waals surface area contributed by atoms with Crippen LogP contribution in [0.2, 0.25) is 0 Å². The third kappa shape index (κ3) is 1.55. The van der Waals surface area contributed by atoms with Gasteiger partial charge in [-0.15, -0.1) is 23.2 Å². The van der Waals surface area contributed by atoms with Gasteiger partial charge in [0, 0.05) is 5.92 Å². The highest BCUT2D eigenvalue weighted by Crippen LogP contribution is 2.55. The van der Waals surface area contributed by atoms with Crippen LogP contribution in [0.1, 0.15) is 13.3 Å². The molecule has 2 unspecified atom stereocenters. The molecule has 10 heavy (non-hydrogen) atoms. The van der Waals surface area contributed by atoms with Crippen molar-refractivity contribution < 1.29 is 9.53 Å². The van der Waals surface area contributed by atoms with Crippen LogP contribution in [-0.4, -0.2) is 16.9 Å². The van der Waals surface area contributed by atoms with Crippen LogP contribution in [0.15, 0.2) is 0 Å². The molecule has 0 N–H and O–H groups in total. The largest absolute Gasteiger partial charge is 0.454 e. The van der Waals surface area contributed by atoms with Crippen molar-refractivity contribution in [2.75, 3.05) is 0 Å². The van der Waals surface area contributed by atoms with Gasteiger partial charge in [-0.3, -0.25) is 0 Å². The summed E-state index contributed by atoms with van der Waals surface area (Å²) in [7, 11) is 0. The average Bonchev–Trinajstić information content (AvgIpc) is 2.41. The highest BCUT2D eigenvalue weighted by Gasteiger charge is 2.55. The zero-order chi connectivity index (χ0) is 7.78. The maximum Gasteiger partial charge on any atom is 0.417 e. The van der Waals surface area contributed by atoms with Gasteiger partial charge < -0.3 is 4.74 Å². The summed E-state index contributed by atoms with van der Waals surface area (Å²) in [6, 6.07) is 0. The first-order valence-corrected chi connectivity index (χ1v) is 3.74. The van der Waals surface area contributed by atoms with E-state index in [1.54, 1.807) is 6.92 Å². The molecule has 0 heterocycles. The van der Waals surface area contributed by atoms with Crippen LogP contribution in [0, 0.1) is 5.92 Å². The van der Waals surface area contributed by atoms with Gasteiger partial charge >= 0.3 is 6.47 Å². The Labute approximate surface area is 69.4 Å². The Balaban J connectivity index is 2.32. The van der Waals surface area contributed by atoms with E-state index in [2.05, 4.69) is 4.74 Å². The van der Waals surface area contributed by atoms with Crippen molar-refractivity contribution in [1.82, 2.24) is 0 Å². The first kappa shape index (κ1) is 8.15. The topological polar surface area (TPSA) is 26.3 Å². The van der Waals surface area contributed by atoms with E-state index >= 15 is 0 Å². The van der Waals surface area contributed by atoms with E-state index in [-0.39, 0.29) is 12.0 Å². The van der Waals surface area contributed by atoms with E-state index in [9.17, 15) is 4.79 Å². The predicted molar refractivity (Wildman–Crippen MR) is 38.8 cm³/mol. The lowest BCUT2D eigenvalue weighted by Gasteiger charge is -2.06. The summed E-state index contributed by atoms with van der Waals surface area (Å²) in [4.78, 5) is 9.73. The second kappa shape index (κ2) is 2.59. The number of ether oxygens (including phenoxy) is 1. The summed E-state index contributed by atoms with van der Waals surface area (Å²) in [6.07, 6.45) is 0.478. The van der Waals surface area contributed by atoms with Gasteiger partial charge in [0.1, 0.15) is 10.4 Å². The summed E-state index contributed by atoms with van der Waals surface area (Å²) >= 11 is 11.4. The van der Waals surface area contributed by atoms with Gasteiger partial charge in [0.05, 0.1) is 0 Å². The zero-order valence-corrected chi connectivity index (χ0v) is 6.95. The number of halogens is 2. The van der Waals surface area contributed by atoms with Crippen molar-refractivity contribution in [3.8, 4) is 0 Å². The fraction of sp³-hybridized carbons (Fsp3) is 0.833. The minimum Gasteiger partial charge on any atom is -0.454 e. The predicted octanol–water partition coefficient (Wildman–Crippen LogP) is 1.65. The molecule has 57 valence electrons. The molecule has 2 nitrogen and oxygen atoms in total. The molecule has 1 aliphatic rings. The van der Waals surface area contributed by atoms with Crippen molar-refractivity contribution in [2.45, 2.75) is 23.8 Å². The van der Waals surface area contributed by atoms with Crippen LogP contribution in [0.5, 0.6) is 0 Å². The Morgan fingerprint density at radius 2 is 2.30 bits per heavy atom. The molecule has 1 saturated carbocycles. The molecule has 0 aliphatic heterocycles. The highest BCUT2D eigenvalue weighted by atomic mass is 35.5. The minimum atomic E-state index is -0.670. The van der Waals surface area contributed by atoms with Crippen LogP contribution in [-0.2, 0) is 9.53 Å². The fourth-order valence-corrected chi connectivity index (χ4v) is 1.59. The second-order valence-electron chi connectivity index (χ2n) is 2.48. The van der Waals surface area contributed by atoms with E-state index in [4.69, 9.17) is 23.2 Å². The van der Waals surface area contributed by atoms with Gasteiger partial charge in [0.2, 0.25) is 0 Å². The van der Waals surface area contributed by atoms with Crippen LogP contribution >= 0.6 is 23.2 Å². The summed E-state index contributed by atoms with van der Waals surface area (Å²) in [5, 5.41) is 0. The molecule has 4 heteroatoms. The first-order chi connectivity index (χ1) is 4.58. The lowest BCUT2D eigenvalue weighted by molar-refractivity contribution is 0.172. The Morgan fingerprint density at radius 1 is 1.80 bits per heavy atom. The van der Waals surface area contributed by atoms with Crippen molar-refractivity contribution in [3.05, 3.63) is 0 Å². The molecule has 1 aliphatic carbocycles. The van der Waals surface area contributed by atoms with Crippen molar-refractivity contribution in [2.24, 2.45) is 5.92 Å². The minimum absolute atomic E-state index is 0.0808. The molecular weight excluding hydrogens is 175 g/mol. The lowest BCUT2D eigenvalue weighted by Crippen LogP contribution is -2.12. The molecular formula is C6H7Cl2O2. The van der Waals surface area contributed by atoms with E-state index in [0.717, 1.165) is 0 Å².